The molecule has 116 valence electrons. The van der Waals surface area contributed by atoms with E-state index in [1.165, 1.54) is 18.2 Å². The Balaban J connectivity index is 2.00. The molecule has 0 bridgehead atoms. The minimum Gasteiger partial charge on any atom is -0.324 e. The Morgan fingerprint density at radius 1 is 1.38 bits per heavy atom. The third-order valence-corrected chi connectivity index (χ3v) is 3.61. The molecule has 1 aromatic rings. The third-order valence-electron chi connectivity index (χ3n) is 3.61. The normalized spacial score (nSPS) is 20.3. The Bertz CT molecular complexity index is 502. The molecule has 6 heteroatoms. The number of carbonyl (C=O) groups is 1. The highest BCUT2D eigenvalue weighted by Gasteiger charge is 2.33. The van der Waals surface area contributed by atoms with Gasteiger partial charge < -0.3 is 5.32 Å². The van der Waals surface area contributed by atoms with Gasteiger partial charge in [-0.3, -0.25) is 9.69 Å². The first-order valence-electron chi connectivity index (χ1n) is 7.04. The van der Waals surface area contributed by atoms with E-state index in [-0.39, 0.29) is 12.2 Å². The minimum atomic E-state index is -4.47. The zero-order valence-electron chi connectivity index (χ0n) is 11.9. The van der Waals surface area contributed by atoms with Gasteiger partial charge in [0, 0.05) is 6.54 Å². The topological polar surface area (TPSA) is 32.3 Å². The molecule has 0 aromatic heterocycles. The van der Waals surface area contributed by atoms with Crippen LogP contribution < -0.4 is 5.32 Å². The summed E-state index contributed by atoms with van der Waals surface area (Å²) in [5.41, 5.74) is -0.995. The molecule has 0 radical (unpaired) electrons. The highest BCUT2D eigenvalue weighted by atomic mass is 19.4. The van der Waals surface area contributed by atoms with Crippen LogP contribution in [0.2, 0.25) is 0 Å². The summed E-state index contributed by atoms with van der Waals surface area (Å²) in [6.07, 6.45) is -2.31. The van der Waals surface area contributed by atoms with Gasteiger partial charge >= 0.3 is 6.18 Å². The number of nitrogens with zero attached hydrogens (tertiary/aromatic N) is 1. The molecule has 1 amide bonds. The zero-order chi connectivity index (χ0) is 15.5. The maximum Gasteiger partial charge on any atom is 0.418 e. The van der Waals surface area contributed by atoms with Crippen LogP contribution in [0.15, 0.2) is 24.3 Å². The summed E-state index contributed by atoms with van der Waals surface area (Å²) in [6, 6.07) is 5.04. The number of halogens is 3. The van der Waals surface area contributed by atoms with Crippen LogP contribution >= 0.6 is 0 Å². The molecule has 0 saturated carbocycles. The SMILES string of the molecule is C[C@H]1CCCN(CC(=O)Nc2ccccc2C(F)(F)F)C1. The van der Waals surface area contributed by atoms with Crippen molar-refractivity contribution in [3.63, 3.8) is 0 Å². The van der Waals surface area contributed by atoms with Crippen LogP contribution in [0, 0.1) is 5.92 Å². The third kappa shape index (κ3) is 4.46. The summed E-state index contributed by atoms with van der Waals surface area (Å²) in [5, 5.41) is 2.38. The monoisotopic (exact) mass is 300 g/mol. The fourth-order valence-electron chi connectivity index (χ4n) is 2.66. The Morgan fingerprint density at radius 3 is 2.76 bits per heavy atom. The number of likely N-dealkylation sites (tertiary alicyclic amines) is 1. The fourth-order valence-corrected chi connectivity index (χ4v) is 2.66. The Morgan fingerprint density at radius 2 is 2.10 bits per heavy atom. The number of hydrogen-bond donors (Lipinski definition) is 1. The van der Waals surface area contributed by atoms with Gasteiger partial charge in [-0.05, 0) is 37.4 Å². The molecule has 0 aliphatic carbocycles. The summed E-state index contributed by atoms with van der Waals surface area (Å²) < 4.78 is 38.5. The largest absolute Gasteiger partial charge is 0.418 e. The van der Waals surface area contributed by atoms with E-state index >= 15 is 0 Å². The van der Waals surface area contributed by atoms with Crippen LogP contribution in [0.3, 0.4) is 0 Å². The van der Waals surface area contributed by atoms with Gasteiger partial charge in [-0.1, -0.05) is 19.1 Å². The van der Waals surface area contributed by atoms with Crippen LogP contribution in [-0.4, -0.2) is 30.4 Å². The average Bonchev–Trinajstić information content (AvgIpc) is 2.37. The number of benzene rings is 1. The quantitative estimate of drug-likeness (QED) is 0.928. The number of anilines is 1. The van der Waals surface area contributed by atoms with Crippen LogP contribution in [0.5, 0.6) is 0 Å². The molecule has 1 atom stereocenters. The van der Waals surface area contributed by atoms with E-state index in [1.807, 2.05) is 4.90 Å². The van der Waals surface area contributed by atoms with Gasteiger partial charge in [0.15, 0.2) is 0 Å². The minimum absolute atomic E-state index is 0.135. The average molecular weight is 300 g/mol. The molecule has 1 saturated heterocycles. The molecule has 21 heavy (non-hydrogen) atoms. The van der Waals surface area contributed by atoms with E-state index in [0.29, 0.717) is 5.92 Å². The van der Waals surface area contributed by atoms with Crippen molar-refractivity contribution in [1.29, 1.82) is 0 Å². The molecular weight excluding hydrogens is 281 g/mol. The Kier molecular flexibility index (Phi) is 4.88. The number of amides is 1. The predicted octanol–water partition coefficient (Wildman–Crippen LogP) is 3.38. The maximum absolute atomic E-state index is 12.8. The maximum atomic E-state index is 12.8. The lowest BCUT2D eigenvalue weighted by Gasteiger charge is -2.30. The van der Waals surface area contributed by atoms with Gasteiger partial charge in [0.2, 0.25) is 5.91 Å². The van der Waals surface area contributed by atoms with Crippen LogP contribution in [-0.2, 0) is 11.0 Å². The second-order valence-electron chi connectivity index (χ2n) is 5.57. The van der Waals surface area contributed by atoms with Gasteiger partial charge in [-0.25, -0.2) is 0 Å². The lowest BCUT2D eigenvalue weighted by molar-refractivity contribution is -0.137. The summed E-state index contributed by atoms with van der Waals surface area (Å²) in [7, 11) is 0. The van der Waals surface area contributed by atoms with Crippen molar-refractivity contribution in [2.45, 2.75) is 25.9 Å². The van der Waals surface area contributed by atoms with Gasteiger partial charge in [0.1, 0.15) is 0 Å². The Hall–Kier alpha value is -1.56. The van der Waals surface area contributed by atoms with Gasteiger partial charge in [-0.15, -0.1) is 0 Å². The van der Waals surface area contributed by atoms with Crippen molar-refractivity contribution in [3.05, 3.63) is 29.8 Å². The van der Waals surface area contributed by atoms with Crippen molar-refractivity contribution < 1.29 is 18.0 Å². The number of nitrogens with one attached hydrogen (secondary N) is 1. The van der Waals surface area contributed by atoms with Crippen molar-refractivity contribution >= 4 is 11.6 Å². The number of piperidine rings is 1. The molecule has 2 rings (SSSR count). The van der Waals surface area contributed by atoms with Gasteiger partial charge in [0.05, 0.1) is 17.8 Å². The van der Waals surface area contributed by atoms with Crippen molar-refractivity contribution in [2.24, 2.45) is 5.92 Å². The second kappa shape index (κ2) is 6.47. The highest BCUT2D eigenvalue weighted by Crippen LogP contribution is 2.34. The van der Waals surface area contributed by atoms with E-state index in [0.717, 1.165) is 32.0 Å². The Labute approximate surface area is 122 Å². The lowest BCUT2D eigenvalue weighted by Crippen LogP contribution is -2.39. The molecule has 1 fully saturated rings. The fraction of sp³-hybridized carbons (Fsp3) is 0.533. The summed E-state index contributed by atoms with van der Waals surface area (Å²) in [5.74, 6) is 0.120. The van der Waals surface area contributed by atoms with E-state index in [1.54, 1.807) is 0 Å². The van der Waals surface area contributed by atoms with Crippen LogP contribution in [0.25, 0.3) is 0 Å². The molecule has 1 aliphatic heterocycles. The van der Waals surface area contributed by atoms with E-state index in [4.69, 9.17) is 0 Å². The van der Waals surface area contributed by atoms with E-state index in [9.17, 15) is 18.0 Å². The first-order chi connectivity index (χ1) is 9.86. The zero-order valence-corrected chi connectivity index (χ0v) is 11.9. The lowest BCUT2D eigenvalue weighted by atomic mass is 10.0. The molecule has 1 N–H and O–H groups in total. The molecular formula is C15H19F3N2O. The molecule has 0 spiro atoms. The van der Waals surface area contributed by atoms with E-state index < -0.39 is 17.6 Å². The highest BCUT2D eigenvalue weighted by molar-refractivity contribution is 5.93. The molecule has 3 nitrogen and oxygen atoms in total. The van der Waals surface area contributed by atoms with Crippen LogP contribution in [0.4, 0.5) is 18.9 Å². The number of alkyl halides is 3. The van der Waals surface area contributed by atoms with Crippen molar-refractivity contribution in [3.8, 4) is 0 Å². The molecule has 1 aromatic carbocycles. The standard InChI is InChI=1S/C15H19F3N2O/c1-11-5-4-8-20(9-11)10-14(21)19-13-7-3-2-6-12(13)15(16,17)18/h2-3,6-7,11H,4-5,8-10H2,1H3,(H,19,21)/t11-/m0/s1. The molecule has 0 unspecified atom stereocenters. The number of carbonyl (C=O) groups excluding carboxylic acids is 1. The van der Waals surface area contributed by atoms with Gasteiger partial charge in [-0.2, -0.15) is 13.2 Å². The number of rotatable bonds is 3. The second-order valence-corrected chi connectivity index (χ2v) is 5.57. The first kappa shape index (κ1) is 15.8. The van der Waals surface area contributed by atoms with Crippen molar-refractivity contribution in [1.82, 2.24) is 4.90 Å². The van der Waals surface area contributed by atoms with Gasteiger partial charge in [0.25, 0.3) is 0 Å². The number of hydrogen-bond acceptors (Lipinski definition) is 2. The first-order valence-corrected chi connectivity index (χ1v) is 7.04. The summed E-state index contributed by atoms with van der Waals surface area (Å²) >= 11 is 0. The van der Waals surface area contributed by atoms with Crippen LogP contribution in [0.1, 0.15) is 25.3 Å². The number of para-hydroxylation sites is 1. The predicted molar refractivity (Wildman–Crippen MR) is 74.9 cm³/mol. The summed E-state index contributed by atoms with van der Waals surface area (Å²) in [6.45, 7) is 3.88. The summed E-state index contributed by atoms with van der Waals surface area (Å²) in [4.78, 5) is 13.9. The smallest absolute Gasteiger partial charge is 0.324 e. The molecule has 1 aliphatic rings. The molecule has 1 heterocycles. The van der Waals surface area contributed by atoms with E-state index in [2.05, 4.69) is 12.2 Å². The van der Waals surface area contributed by atoms with Crippen molar-refractivity contribution in [2.75, 3.05) is 25.0 Å².